The largest absolute Gasteiger partial charge is 0.390 e. The Hall–Kier alpha value is -1.12. The van der Waals surface area contributed by atoms with Crippen molar-refractivity contribution in [3.63, 3.8) is 0 Å². The molecule has 1 atom stereocenters. The van der Waals surface area contributed by atoms with Crippen LogP contribution >= 0.6 is 0 Å². The molecule has 0 aliphatic heterocycles. The van der Waals surface area contributed by atoms with E-state index in [1.807, 2.05) is 0 Å². The van der Waals surface area contributed by atoms with Gasteiger partial charge in [-0.2, -0.15) is 8.78 Å². The minimum atomic E-state index is -3.72. The van der Waals surface area contributed by atoms with Crippen LogP contribution in [0.25, 0.3) is 0 Å². The number of hydrogen-bond donors (Lipinski definition) is 2. The van der Waals surface area contributed by atoms with Crippen LogP contribution < -0.4 is 4.72 Å². The predicted molar refractivity (Wildman–Crippen MR) is 77.6 cm³/mol. The van der Waals surface area contributed by atoms with Crippen LogP contribution in [-0.4, -0.2) is 24.9 Å². The van der Waals surface area contributed by atoms with Gasteiger partial charge in [-0.25, -0.2) is 17.5 Å². The Bertz CT molecular complexity index is 639. The van der Waals surface area contributed by atoms with E-state index in [0.717, 1.165) is 12.1 Å². The van der Waals surface area contributed by atoms with Crippen molar-refractivity contribution >= 4 is 10.0 Å². The average Bonchev–Trinajstić information content (AvgIpc) is 2.36. The fourth-order valence-electron chi connectivity index (χ4n) is 1.64. The lowest BCUT2D eigenvalue weighted by Crippen LogP contribution is -2.40. The number of benzene rings is 1. The summed E-state index contributed by atoms with van der Waals surface area (Å²) < 4.78 is 65.9. The van der Waals surface area contributed by atoms with Crippen LogP contribution in [0.15, 0.2) is 18.2 Å². The maximum Gasteiger partial charge on any atom is 0.295 e. The van der Waals surface area contributed by atoms with Crippen LogP contribution in [0.2, 0.25) is 0 Å². The lowest BCUT2D eigenvalue weighted by Gasteiger charge is -2.24. The van der Waals surface area contributed by atoms with Crippen LogP contribution in [-0.2, 0) is 15.9 Å². The molecule has 0 saturated carbocycles. The molecular formula is C14H20F3NO3S. The van der Waals surface area contributed by atoms with Crippen molar-refractivity contribution in [1.82, 2.24) is 4.72 Å². The van der Waals surface area contributed by atoms with Gasteiger partial charge in [0.2, 0.25) is 10.0 Å². The number of nitrogens with one attached hydrogen (secondary N) is 1. The van der Waals surface area contributed by atoms with Crippen molar-refractivity contribution in [3.8, 4) is 0 Å². The normalized spacial score (nSPS) is 14.9. The Balaban J connectivity index is 3.18. The highest BCUT2D eigenvalue weighted by atomic mass is 32.2. The van der Waals surface area contributed by atoms with E-state index in [2.05, 4.69) is 4.72 Å². The first-order chi connectivity index (χ1) is 9.80. The van der Waals surface area contributed by atoms with E-state index in [0.29, 0.717) is 6.07 Å². The van der Waals surface area contributed by atoms with Crippen LogP contribution in [0, 0.1) is 5.82 Å². The van der Waals surface area contributed by atoms with Gasteiger partial charge in [0.15, 0.2) is 0 Å². The van der Waals surface area contributed by atoms with E-state index in [-0.39, 0.29) is 5.56 Å². The molecule has 0 radical (unpaired) electrons. The molecule has 1 aromatic rings. The molecule has 8 heteroatoms. The number of hydrogen-bond acceptors (Lipinski definition) is 3. The third-order valence-corrected chi connectivity index (χ3v) is 5.46. The molecule has 4 nitrogen and oxygen atoms in total. The lowest BCUT2D eigenvalue weighted by molar-refractivity contribution is -0.0559. The molecule has 0 bridgehead atoms. The summed E-state index contributed by atoms with van der Waals surface area (Å²) in [7, 11) is -3.72. The number of sulfonamides is 1. The second-order valence-electron chi connectivity index (χ2n) is 6.09. The Labute approximate surface area is 128 Å². The van der Waals surface area contributed by atoms with Gasteiger partial charge in [-0.05, 0) is 51.5 Å². The highest BCUT2D eigenvalue weighted by molar-refractivity contribution is 7.90. The molecule has 22 heavy (non-hydrogen) atoms. The van der Waals surface area contributed by atoms with Gasteiger partial charge in [0.05, 0.1) is 4.75 Å². The van der Waals surface area contributed by atoms with E-state index in [4.69, 9.17) is 5.11 Å². The van der Waals surface area contributed by atoms with Gasteiger partial charge < -0.3 is 5.11 Å². The first kappa shape index (κ1) is 18.9. The van der Waals surface area contributed by atoms with Gasteiger partial charge in [0.1, 0.15) is 12.4 Å². The summed E-state index contributed by atoms with van der Waals surface area (Å²) in [5.41, 5.74) is -0.650. The maximum atomic E-state index is 13.5. The molecule has 0 amide bonds. The number of halogens is 3. The molecule has 1 rings (SSSR count). The van der Waals surface area contributed by atoms with Gasteiger partial charge in [-0.3, -0.25) is 0 Å². The number of aliphatic hydroxyl groups is 1. The van der Waals surface area contributed by atoms with Crippen molar-refractivity contribution < 1.29 is 26.7 Å². The number of rotatable bonds is 5. The number of alkyl halides is 2. The highest BCUT2D eigenvalue weighted by Crippen LogP contribution is 2.30. The number of aliphatic hydroxyl groups excluding tert-OH is 1. The van der Waals surface area contributed by atoms with E-state index in [1.54, 1.807) is 0 Å². The van der Waals surface area contributed by atoms with E-state index < -0.39 is 44.7 Å². The molecule has 126 valence electrons. The molecule has 0 aromatic heterocycles. The molecule has 0 saturated heterocycles. The van der Waals surface area contributed by atoms with Crippen LogP contribution in [0.3, 0.4) is 0 Å². The van der Waals surface area contributed by atoms with E-state index in [1.165, 1.54) is 27.7 Å². The van der Waals surface area contributed by atoms with Crippen molar-refractivity contribution in [2.75, 3.05) is 6.61 Å². The Kier molecular flexibility index (Phi) is 5.31. The molecule has 1 aromatic carbocycles. The zero-order valence-electron chi connectivity index (χ0n) is 12.8. The molecule has 0 aliphatic carbocycles. The van der Waals surface area contributed by atoms with Crippen molar-refractivity contribution in [1.29, 1.82) is 0 Å². The predicted octanol–water partition coefficient (Wildman–Crippen LogP) is 2.69. The molecular weight excluding hydrogens is 319 g/mol. The molecule has 2 N–H and O–H groups in total. The minimum absolute atomic E-state index is 0.0518. The van der Waals surface area contributed by atoms with Gasteiger partial charge in [-0.1, -0.05) is 0 Å². The monoisotopic (exact) mass is 339 g/mol. The summed E-state index contributed by atoms with van der Waals surface area (Å²) in [6, 6.07) is 1.68. The van der Waals surface area contributed by atoms with Gasteiger partial charge in [0, 0.05) is 11.6 Å². The minimum Gasteiger partial charge on any atom is -0.390 e. The second-order valence-corrected chi connectivity index (χ2v) is 8.56. The maximum absolute atomic E-state index is 13.5. The third kappa shape index (κ3) is 4.21. The topological polar surface area (TPSA) is 66.4 Å². The first-order valence-electron chi connectivity index (χ1n) is 6.62. The summed E-state index contributed by atoms with van der Waals surface area (Å²) in [6.07, 6.45) is 0. The zero-order valence-corrected chi connectivity index (χ0v) is 13.6. The lowest BCUT2D eigenvalue weighted by atomic mass is 10.0. The van der Waals surface area contributed by atoms with Crippen LogP contribution in [0.4, 0.5) is 13.2 Å². The van der Waals surface area contributed by atoms with E-state index in [9.17, 15) is 21.6 Å². The molecule has 0 fully saturated rings. The van der Waals surface area contributed by atoms with Gasteiger partial charge in [0.25, 0.3) is 5.92 Å². The zero-order chi connectivity index (χ0) is 17.3. The smallest absolute Gasteiger partial charge is 0.295 e. The fourth-order valence-corrected chi connectivity index (χ4v) is 2.60. The Morgan fingerprint density at radius 1 is 1.23 bits per heavy atom. The molecule has 0 heterocycles. The highest BCUT2D eigenvalue weighted by Gasteiger charge is 2.33. The van der Waals surface area contributed by atoms with Crippen LogP contribution in [0.1, 0.15) is 44.9 Å². The quantitative estimate of drug-likeness (QED) is 0.867. The summed E-state index contributed by atoms with van der Waals surface area (Å²) in [5, 5.41) is 8.68. The van der Waals surface area contributed by atoms with Crippen LogP contribution in [0.5, 0.6) is 0 Å². The third-order valence-electron chi connectivity index (χ3n) is 3.18. The van der Waals surface area contributed by atoms with Crippen molar-refractivity contribution in [2.45, 2.75) is 44.4 Å². The second kappa shape index (κ2) is 6.17. The molecule has 0 spiro atoms. The average molecular weight is 339 g/mol. The Morgan fingerprint density at radius 3 is 2.23 bits per heavy atom. The summed E-state index contributed by atoms with van der Waals surface area (Å²) >= 11 is 0. The fraction of sp³-hybridized carbons (Fsp3) is 0.571. The van der Waals surface area contributed by atoms with Gasteiger partial charge >= 0.3 is 0 Å². The SMILES string of the molecule is C[C@@H](NS(=O)(=O)C(C)(C)C)c1cc(F)cc(C(F)(F)CO)c1. The molecule has 0 aliphatic rings. The summed E-state index contributed by atoms with van der Waals surface area (Å²) in [5.74, 6) is -4.53. The van der Waals surface area contributed by atoms with Crippen molar-refractivity contribution in [3.05, 3.63) is 35.1 Å². The first-order valence-corrected chi connectivity index (χ1v) is 8.10. The van der Waals surface area contributed by atoms with E-state index >= 15 is 0 Å². The van der Waals surface area contributed by atoms with Crippen molar-refractivity contribution in [2.24, 2.45) is 0 Å². The summed E-state index contributed by atoms with van der Waals surface area (Å²) in [6.45, 7) is 4.42. The molecule has 0 unspecified atom stereocenters. The Morgan fingerprint density at radius 2 is 1.77 bits per heavy atom. The standard InChI is InChI=1S/C14H20F3NO3S/c1-9(18-22(20,21)13(2,3)4)10-5-11(7-12(15)6-10)14(16,17)8-19/h5-7,9,18-19H,8H2,1-4H3/t9-/m1/s1. The summed E-state index contributed by atoms with van der Waals surface area (Å²) in [4.78, 5) is 0. The van der Waals surface area contributed by atoms with Gasteiger partial charge in [-0.15, -0.1) is 0 Å².